The molecule has 1 heterocycles. The number of aliphatic hydroxyl groups excluding tert-OH is 1. The van der Waals surface area contributed by atoms with Crippen LogP contribution in [0.25, 0.3) is 0 Å². The first-order chi connectivity index (χ1) is 6.29. The Morgan fingerprint density at radius 1 is 1.50 bits per heavy atom. The summed E-state index contributed by atoms with van der Waals surface area (Å²) in [4.78, 5) is 2.35. The van der Waals surface area contributed by atoms with Crippen molar-refractivity contribution in [3.05, 3.63) is 24.5 Å². The minimum absolute atomic E-state index is 0.00345. The van der Waals surface area contributed by atoms with E-state index < -0.39 is 0 Å². The molecule has 1 aliphatic rings. The maximum Gasteiger partial charge on any atom is 0.0919 e. The Morgan fingerprint density at radius 3 is 2.50 bits per heavy atom. The largest absolute Gasteiger partial charge is 0.513 e. The number of aliphatic hydroxyl groups is 1. The SMILES string of the molecule is C=CCN1C(C)(C)C=C(O)CC1(C)C. The zero-order valence-corrected chi connectivity index (χ0v) is 9.67. The molecule has 14 heavy (non-hydrogen) atoms. The van der Waals surface area contributed by atoms with Gasteiger partial charge < -0.3 is 5.11 Å². The molecule has 0 amide bonds. The maximum atomic E-state index is 9.68. The number of nitrogens with zero attached hydrogens (tertiary/aromatic N) is 1. The van der Waals surface area contributed by atoms with Gasteiger partial charge in [-0.15, -0.1) is 6.58 Å². The van der Waals surface area contributed by atoms with Crippen molar-refractivity contribution in [2.75, 3.05) is 6.54 Å². The maximum absolute atomic E-state index is 9.68. The standard InChI is InChI=1S/C12H21NO/c1-6-7-13-11(2,3)8-10(14)9-12(13,4)5/h6,8,14H,1,7,9H2,2-5H3. The van der Waals surface area contributed by atoms with Crippen LogP contribution in [0.5, 0.6) is 0 Å². The van der Waals surface area contributed by atoms with Gasteiger partial charge in [-0.3, -0.25) is 4.90 Å². The summed E-state index contributed by atoms with van der Waals surface area (Å²) < 4.78 is 0. The topological polar surface area (TPSA) is 23.5 Å². The van der Waals surface area contributed by atoms with Crippen molar-refractivity contribution < 1.29 is 5.11 Å². The molecule has 0 aromatic carbocycles. The van der Waals surface area contributed by atoms with E-state index >= 15 is 0 Å². The van der Waals surface area contributed by atoms with Gasteiger partial charge in [0.2, 0.25) is 0 Å². The molecule has 0 unspecified atom stereocenters. The second-order valence-electron chi connectivity index (χ2n) is 5.18. The molecule has 0 aromatic rings. The van der Waals surface area contributed by atoms with E-state index in [1.165, 1.54) is 0 Å². The zero-order chi connectivity index (χ0) is 11.0. The van der Waals surface area contributed by atoms with Crippen LogP contribution in [0.4, 0.5) is 0 Å². The molecule has 0 atom stereocenters. The van der Waals surface area contributed by atoms with Crippen LogP contribution >= 0.6 is 0 Å². The number of rotatable bonds is 2. The van der Waals surface area contributed by atoms with Gasteiger partial charge in [0.15, 0.2) is 0 Å². The van der Waals surface area contributed by atoms with Crippen LogP contribution in [-0.4, -0.2) is 27.6 Å². The minimum Gasteiger partial charge on any atom is -0.513 e. The molecule has 0 spiro atoms. The van der Waals surface area contributed by atoms with Crippen LogP contribution in [0, 0.1) is 0 Å². The summed E-state index contributed by atoms with van der Waals surface area (Å²) in [5, 5.41) is 9.68. The van der Waals surface area contributed by atoms with Crippen LogP contribution in [-0.2, 0) is 0 Å². The van der Waals surface area contributed by atoms with Gasteiger partial charge >= 0.3 is 0 Å². The lowest BCUT2D eigenvalue weighted by Crippen LogP contribution is -2.57. The van der Waals surface area contributed by atoms with E-state index in [-0.39, 0.29) is 11.1 Å². The summed E-state index contributed by atoms with van der Waals surface area (Å²) in [6, 6.07) is 0. The lowest BCUT2D eigenvalue weighted by Gasteiger charge is -2.50. The third kappa shape index (κ3) is 2.01. The van der Waals surface area contributed by atoms with Crippen molar-refractivity contribution in [2.45, 2.75) is 45.2 Å². The number of hydrogen-bond donors (Lipinski definition) is 1. The molecule has 0 saturated carbocycles. The normalized spacial score (nSPS) is 25.6. The Bertz CT molecular complexity index is 263. The van der Waals surface area contributed by atoms with E-state index in [2.05, 4.69) is 39.2 Å². The highest BCUT2D eigenvalue weighted by Crippen LogP contribution is 2.35. The summed E-state index contributed by atoms with van der Waals surface area (Å²) in [6.07, 6.45) is 4.56. The van der Waals surface area contributed by atoms with E-state index in [0.717, 1.165) is 6.54 Å². The molecule has 1 rings (SSSR count). The molecule has 1 aliphatic heterocycles. The first kappa shape index (κ1) is 11.3. The van der Waals surface area contributed by atoms with Crippen LogP contribution < -0.4 is 0 Å². The second kappa shape index (κ2) is 3.43. The smallest absolute Gasteiger partial charge is 0.0919 e. The van der Waals surface area contributed by atoms with Crippen LogP contribution in [0.15, 0.2) is 24.5 Å². The Kier molecular flexibility index (Phi) is 2.77. The summed E-state index contributed by atoms with van der Waals surface area (Å²) in [7, 11) is 0. The van der Waals surface area contributed by atoms with Crippen molar-refractivity contribution in [1.29, 1.82) is 0 Å². The van der Waals surface area contributed by atoms with Crippen LogP contribution in [0.3, 0.4) is 0 Å². The molecule has 0 aromatic heterocycles. The van der Waals surface area contributed by atoms with E-state index in [1.54, 1.807) is 0 Å². The van der Waals surface area contributed by atoms with E-state index in [9.17, 15) is 5.11 Å². The Morgan fingerprint density at radius 2 is 2.07 bits per heavy atom. The molecule has 1 N–H and O–H groups in total. The highest BCUT2D eigenvalue weighted by atomic mass is 16.3. The minimum atomic E-state index is -0.0972. The van der Waals surface area contributed by atoms with E-state index in [1.807, 2.05) is 12.2 Å². The average Bonchev–Trinajstić information content (AvgIpc) is 1.94. The quantitative estimate of drug-likeness (QED) is 0.685. The van der Waals surface area contributed by atoms with Crippen molar-refractivity contribution in [3.8, 4) is 0 Å². The summed E-state index contributed by atoms with van der Waals surface area (Å²) in [6.45, 7) is 13.2. The van der Waals surface area contributed by atoms with Gasteiger partial charge in [0, 0.05) is 24.0 Å². The van der Waals surface area contributed by atoms with Crippen molar-refractivity contribution in [2.24, 2.45) is 0 Å². The fourth-order valence-electron chi connectivity index (χ4n) is 2.47. The molecule has 0 radical (unpaired) electrons. The van der Waals surface area contributed by atoms with Crippen molar-refractivity contribution >= 4 is 0 Å². The highest BCUT2D eigenvalue weighted by Gasteiger charge is 2.40. The summed E-state index contributed by atoms with van der Waals surface area (Å²) in [5.74, 6) is 0.500. The molecule has 0 fully saturated rings. The van der Waals surface area contributed by atoms with Gasteiger partial charge in [-0.05, 0) is 33.8 Å². The fraction of sp³-hybridized carbons (Fsp3) is 0.667. The lowest BCUT2D eigenvalue weighted by molar-refractivity contribution is 0.0312. The molecule has 0 bridgehead atoms. The first-order valence-corrected chi connectivity index (χ1v) is 5.09. The van der Waals surface area contributed by atoms with Crippen molar-refractivity contribution in [3.63, 3.8) is 0 Å². The summed E-state index contributed by atoms with van der Waals surface area (Å²) >= 11 is 0. The lowest BCUT2D eigenvalue weighted by atomic mass is 9.84. The molecule has 0 aliphatic carbocycles. The monoisotopic (exact) mass is 195 g/mol. The van der Waals surface area contributed by atoms with E-state index in [4.69, 9.17) is 0 Å². The van der Waals surface area contributed by atoms with E-state index in [0.29, 0.717) is 12.2 Å². The first-order valence-electron chi connectivity index (χ1n) is 5.09. The van der Waals surface area contributed by atoms with Gasteiger partial charge in [-0.1, -0.05) is 6.08 Å². The molecule has 80 valence electrons. The van der Waals surface area contributed by atoms with Gasteiger partial charge in [-0.2, -0.15) is 0 Å². The number of hydrogen-bond acceptors (Lipinski definition) is 2. The third-order valence-corrected chi connectivity index (χ3v) is 2.87. The highest BCUT2D eigenvalue weighted by molar-refractivity contribution is 5.17. The molecular formula is C12H21NO. The average molecular weight is 195 g/mol. The van der Waals surface area contributed by atoms with Gasteiger partial charge in [-0.25, -0.2) is 0 Å². The van der Waals surface area contributed by atoms with Crippen LogP contribution in [0.2, 0.25) is 0 Å². The van der Waals surface area contributed by atoms with Gasteiger partial charge in [0.1, 0.15) is 0 Å². The predicted octanol–water partition coefficient (Wildman–Crippen LogP) is 2.88. The zero-order valence-electron chi connectivity index (χ0n) is 9.67. The third-order valence-electron chi connectivity index (χ3n) is 2.87. The fourth-order valence-corrected chi connectivity index (χ4v) is 2.47. The predicted molar refractivity (Wildman–Crippen MR) is 60.4 cm³/mol. The molecule has 0 saturated heterocycles. The second-order valence-corrected chi connectivity index (χ2v) is 5.18. The Labute approximate surface area is 86.9 Å². The molecule has 2 nitrogen and oxygen atoms in total. The Hall–Kier alpha value is -0.760. The molecular weight excluding hydrogens is 174 g/mol. The Balaban J connectivity index is 3.04. The van der Waals surface area contributed by atoms with Crippen molar-refractivity contribution in [1.82, 2.24) is 4.90 Å². The van der Waals surface area contributed by atoms with Gasteiger partial charge in [0.25, 0.3) is 0 Å². The van der Waals surface area contributed by atoms with Gasteiger partial charge in [0.05, 0.1) is 5.76 Å². The summed E-state index contributed by atoms with van der Waals surface area (Å²) in [5.41, 5.74) is -0.101. The van der Waals surface area contributed by atoms with Crippen LogP contribution in [0.1, 0.15) is 34.1 Å². The molecule has 2 heteroatoms.